The summed E-state index contributed by atoms with van der Waals surface area (Å²) in [6.45, 7) is 14.0. The van der Waals surface area contributed by atoms with E-state index in [1.807, 2.05) is 0 Å². The molecule has 0 bridgehead atoms. The fraction of sp³-hybridized carbons (Fsp3) is 1.00. The molecule has 5 atom stereocenters. The van der Waals surface area contributed by atoms with Gasteiger partial charge in [0.15, 0.2) is 0 Å². The van der Waals surface area contributed by atoms with Gasteiger partial charge in [0, 0.05) is 49.6 Å². The Bertz CT molecular complexity index is 546. The first-order valence-electron chi connectivity index (χ1n) is 11.5. The molecular weight excluding hydrogens is 376 g/mol. The molecule has 3 heterocycles. The molecule has 0 spiro atoms. The van der Waals surface area contributed by atoms with Gasteiger partial charge in [-0.25, -0.2) is 8.78 Å². The second-order valence-corrected chi connectivity index (χ2v) is 10.1. The number of ether oxygens (including phenoxy) is 1. The Balaban J connectivity index is 1.86. The maximum absolute atomic E-state index is 14.4. The standard InChI is InChI=1S/C22H41F2N3O2/c1-14(2)25-10-9-22(23,24)11-19(25)21-27(16(5)6)20(13-29-21)18-8-7-17(12-28)26(18)15(3)4/h14-21,28H,7-13H2,1-6H3/t17-,18?,19?,20?,21?/m1/s1. The van der Waals surface area contributed by atoms with Crippen molar-refractivity contribution in [2.45, 2.75) is 122 Å². The Morgan fingerprint density at radius 1 is 0.931 bits per heavy atom. The molecule has 170 valence electrons. The average Bonchev–Trinajstić information content (AvgIpc) is 3.24. The van der Waals surface area contributed by atoms with E-state index >= 15 is 0 Å². The van der Waals surface area contributed by atoms with Crippen LogP contribution in [0.5, 0.6) is 0 Å². The fourth-order valence-corrected chi connectivity index (χ4v) is 6.06. The number of aliphatic hydroxyl groups is 1. The van der Waals surface area contributed by atoms with Crippen LogP contribution in [0, 0.1) is 0 Å². The Hall–Kier alpha value is -0.340. The van der Waals surface area contributed by atoms with Crippen LogP contribution in [0.2, 0.25) is 0 Å². The lowest BCUT2D eigenvalue weighted by Gasteiger charge is -2.48. The molecule has 7 heteroatoms. The maximum atomic E-state index is 14.4. The Morgan fingerprint density at radius 3 is 2.14 bits per heavy atom. The minimum atomic E-state index is -2.63. The van der Waals surface area contributed by atoms with E-state index < -0.39 is 5.92 Å². The zero-order chi connectivity index (χ0) is 21.5. The van der Waals surface area contributed by atoms with Gasteiger partial charge in [-0.2, -0.15) is 0 Å². The van der Waals surface area contributed by atoms with E-state index in [2.05, 4.69) is 56.2 Å². The molecular formula is C22H41F2N3O2. The molecule has 0 aromatic heterocycles. The summed E-state index contributed by atoms with van der Waals surface area (Å²) < 4.78 is 35.1. The summed E-state index contributed by atoms with van der Waals surface area (Å²) in [6, 6.07) is 1.09. The van der Waals surface area contributed by atoms with Gasteiger partial charge in [-0.3, -0.25) is 14.7 Å². The number of piperidine rings is 1. The van der Waals surface area contributed by atoms with Crippen LogP contribution < -0.4 is 0 Å². The molecule has 0 radical (unpaired) electrons. The normalized spacial score (nSPS) is 37.4. The van der Waals surface area contributed by atoms with E-state index in [0.29, 0.717) is 19.2 Å². The average molecular weight is 418 g/mol. The van der Waals surface area contributed by atoms with Crippen molar-refractivity contribution < 1.29 is 18.6 Å². The first-order valence-corrected chi connectivity index (χ1v) is 11.5. The van der Waals surface area contributed by atoms with Crippen LogP contribution >= 0.6 is 0 Å². The third-order valence-electron chi connectivity index (χ3n) is 7.22. The van der Waals surface area contributed by atoms with E-state index in [1.165, 1.54) is 0 Å². The van der Waals surface area contributed by atoms with Crippen molar-refractivity contribution in [1.29, 1.82) is 0 Å². The Morgan fingerprint density at radius 2 is 1.59 bits per heavy atom. The lowest BCUT2D eigenvalue weighted by molar-refractivity contribution is -0.140. The Labute approximate surface area is 175 Å². The highest BCUT2D eigenvalue weighted by Gasteiger charge is 2.53. The van der Waals surface area contributed by atoms with Crippen molar-refractivity contribution in [2.24, 2.45) is 0 Å². The summed E-state index contributed by atoms with van der Waals surface area (Å²) in [7, 11) is 0. The fourth-order valence-electron chi connectivity index (χ4n) is 6.06. The highest BCUT2D eigenvalue weighted by atomic mass is 19.3. The van der Waals surface area contributed by atoms with Gasteiger partial charge in [0.1, 0.15) is 6.23 Å². The van der Waals surface area contributed by atoms with E-state index in [0.717, 1.165) is 12.8 Å². The smallest absolute Gasteiger partial charge is 0.251 e. The van der Waals surface area contributed by atoms with Crippen molar-refractivity contribution in [3.8, 4) is 0 Å². The molecule has 3 fully saturated rings. The number of hydrogen-bond donors (Lipinski definition) is 1. The van der Waals surface area contributed by atoms with Crippen molar-refractivity contribution in [3.05, 3.63) is 0 Å². The molecule has 0 aromatic rings. The molecule has 3 aliphatic heterocycles. The first-order chi connectivity index (χ1) is 13.6. The highest BCUT2D eigenvalue weighted by Crippen LogP contribution is 2.41. The molecule has 0 saturated carbocycles. The third-order valence-corrected chi connectivity index (χ3v) is 7.22. The van der Waals surface area contributed by atoms with Gasteiger partial charge in [-0.15, -0.1) is 0 Å². The lowest BCUT2D eigenvalue weighted by Crippen LogP contribution is -2.62. The summed E-state index contributed by atoms with van der Waals surface area (Å²) in [6.07, 6.45) is 1.48. The molecule has 3 saturated heterocycles. The number of alkyl halides is 2. The van der Waals surface area contributed by atoms with Gasteiger partial charge >= 0.3 is 0 Å². The van der Waals surface area contributed by atoms with Crippen LogP contribution in [0.15, 0.2) is 0 Å². The van der Waals surface area contributed by atoms with Crippen LogP contribution in [0.4, 0.5) is 8.78 Å². The molecule has 29 heavy (non-hydrogen) atoms. The number of halogens is 2. The molecule has 0 aliphatic carbocycles. The number of likely N-dealkylation sites (tertiary alicyclic amines) is 2. The predicted octanol–water partition coefficient (Wildman–Crippen LogP) is 3.16. The zero-order valence-corrected chi connectivity index (χ0v) is 19.0. The molecule has 0 amide bonds. The predicted molar refractivity (Wildman–Crippen MR) is 111 cm³/mol. The summed E-state index contributed by atoms with van der Waals surface area (Å²) >= 11 is 0. The summed E-state index contributed by atoms with van der Waals surface area (Å²) in [5, 5.41) is 9.85. The monoisotopic (exact) mass is 417 g/mol. The second-order valence-electron chi connectivity index (χ2n) is 10.1. The quantitative estimate of drug-likeness (QED) is 0.719. The molecule has 0 aromatic carbocycles. The van der Waals surface area contributed by atoms with Gasteiger partial charge in [-0.1, -0.05) is 0 Å². The van der Waals surface area contributed by atoms with Crippen LogP contribution in [-0.2, 0) is 4.74 Å². The Kier molecular flexibility index (Phi) is 7.26. The van der Waals surface area contributed by atoms with Crippen molar-refractivity contribution in [3.63, 3.8) is 0 Å². The molecule has 5 nitrogen and oxygen atoms in total. The number of hydrogen-bond acceptors (Lipinski definition) is 5. The highest BCUT2D eigenvalue weighted by molar-refractivity contribution is 5.03. The molecule has 1 N–H and O–H groups in total. The van der Waals surface area contributed by atoms with Gasteiger partial charge in [0.05, 0.1) is 25.3 Å². The van der Waals surface area contributed by atoms with Crippen molar-refractivity contribution in [1.82, 2.24) is 14.7 Å². The van der Waals surface area contributed by atoms with E-state index in [4.69, 9.17) is 4.74 Å². The third kappa shape index (κ3) is 4.64. The van der Waals surface area contributed by atoms with E-state index in [1.54, 1.807) is 0 Å². The molecule has 4 unspecified atom stereocenters. The zero-order valence-electron chi connectivity index (χ0n) is 19.0. The topological polar surface area (TPSA) is 39.2 Å². The SMILES string of the molecule is CC(C)N1CCC(F)(F)CC1C1OCC(C2CC[C@H](CO)N2C(C)C)N1C(C)C. The van der Waals surface area contributed by atoms with Crippen molar-refractivity contribution in [2.75, 3.05) is 19.8 Å². The van der Waals surface area contributed by atoms with Crippen LogP contribution in [0.1, 0.15) is 67.2 Å². The second kappa shape index (κ2) is 9.03. The van der Waals surface area contributed by atoms with Gasteiger partial charge in [-0.05, 0) is 54.4 Å². The van der Waals surface area contributed by atoms with Gasteiger partial charge in [0.2, 0.25) is 0 Å². The number of rotatable bonds is 6. The van der Waals surface area contributed by atoms with Gasteiger partial charge in [0.25, 0.3) is 5.92 Å². The number of aliphatic hydroxyl groups excluding tert-OH is 1. The summed E-state index contributed by atoms with van der Waals surface area (Å²) in [5.41, 5.74) is 0. The van der Waals surface area contributed by atoms with E-state index in [9.17, 15) is 13.9 Å². The van der Waals surface area contributed by atoms with Gasteiger partial charge < -0.3 is 9.84 Å². The molecule has 3 rings (SSSR count). The first kappa shape index (κ1) is 23.3. The van der Waals surface area contributed by atoms with Crippen molar-refractivity contribution >= 4 is 0 Å². The minimum absolute atomic E-state index is 0.0680. The number of nitrogens with zero attached hydrogens (tertiary/aromatic N) is 3. The lowest BCUT2D eigenvalue weighted by atomic mass is 9.94. The summed E-state index contributed by atoms with van der Waals surface area (Å²) in [5.74, 6) is -2.63. The van der Waals surface area contributed by atoms with E-state index in [-0.39, 0.29) is 61.9 Å². The maximum Gasteiger partial charge on any atom is 0.251 e. The van der Waals surface area contributed by atoms with Crippen LogP contribution in [0.3, 0.4) is 0 Å². The van der Waals surface area contributed by atoms with Crippen LogP contribution in [0.25, 0.3) is 0 Å². The molecule has 3 aliphatic rings. The summed E-state index contributed by atoms with van der Waals surface area (Å²) in [4.78, 5) is 7.01. The minimum Gasteiger partial charge on any atom is -0.395 e. The largest absolute Gasteiger partial charge is 0.395 e. The van der Waals surface area contributed by atoms with Crippen LogP contribution in [-0.4, -0.2) is 94.0 Å².